The summed E-state index contributed by atoms with van der Waals surface area (Å²) in [5.74, 6) is 0.470. The molecule has 1 amide bonds. The van der Waals surface area contributed by atoms with Crippen LogP contribution >= 0.6 is 0 Å². The van der Waals surface area contributed by atoms with Crippen molar-refractivity contribution in [3.05, 3.63) is 84.9 Å². The van der Waals surface area contributed by atoms with Crippen LogP contribution in [0.1, 0.15) is 12.8 Å². The smallest absolute Gasteiger partial charge is 0.243 e. The summed E-state index contributed by atoms with van der Waals surface area (Å²) in [6, 6.07) is 25.8. The molecule has 1 saturated heterocycles. The fraction of sp³-hybridized carbons (Fsp3) is 0.222. The molecule has 34 heavy (non-hydrogen) atoms. The minimum absolute atomic E-state index is 0.213. The van der Waals surface area contributed by atoms with Crippen LogP contribution < -0.4 is 10.1 Å². The highest BCUT2D eigenvalue weighted by Crippen LogP contribution is 2.28. The molecule has 5 rings (SSSR count). The Kier molecular flexibility index (Phi) is 6.22. The third-order valence-corrected chi connectivity index (χ3v) is 8.15. The number of fused-ring (bicyclic) bond motifs is 2. The van der Waals surface area contributed by atoms with Crippen LogP contribution in [0.2, 0.25) is 0 Å². The van der Waals surface area contributed by atoms with Crippen molar-refractivity contribution >= 4 is 37.5 Å². The molecule has 1 unspecified atom stereocenters. The number of nitrogens with zero attached hydrogens (tertiary/aromatic N) is 1. The second-order valence-corrected chi connectivity index (χ2v) is 10.3. The molecule has 4 aromatic carbocycles. The Morgan fingerprint density at radius 1 is 0.912 bits per heavy atom. The molecule has 1 aliphatic rings. The molecule has 0 radical (unpaired) electrons. The van der Waals surface area contributed by atoms with E-state index in [0.717, 1.165) is 27.3 Å². The number of benzene rings is 4. The highest BCUT2D eigenvalue weighted by atomic mass is 32.2. The second kappa shape index (κ2) is 9.44. The Hall–Kier alpha value is -3.42. The quantitative estimate of drug-likeness (QED) is 0.404. The maximum absolute atomic E-state index is 13.4. The molecule has 0 aromatic heterocycles. The maximum Gasteiger partial charge on any atom is 0.243 e. The fourth-order valence-corrected chi connectivity index (χ4v) is 6.22. The third-order valence-electron chi connectivity index (χ3n) is 6.24. The lowest BCUT2D eigenvalue weighted by molar-refractivity contribution is -0.124. The number of carbonyl (C=O) groups excluding carboxylic acids is 1. The van der Waals surface area contributed by atoms with E-state index >= 15 is 0 Å². The summed E-state index contributed by atoms with van der Waals surface area (Å²) in [5, 5.41) is 6.79. The average molecular weight is 475 g/mol. The molecule has 1 fully saturated rings. The van der Waals surface area contributed by atoms with Gasteiger partial charge in [-0.25, -0.2) is 8.42 Å². The number of carbonyl (C=O) groups is 1. The molecule has 1 aliphatic heterocycles. The average Bonchev–Trinajstić information content (AvgIpc) is 3.37. The molecule has 4 aromatic rings. The van der Waals surface area contributed by atoms with E-state index in [9.17, 15) is 13.2 Å². The Morgan fingerprint density at radius 3 is 2.50 bits per heavy atom. The van der Waals surface area contributed by atoms with Crippen molar-refractivity contribution in [3.8, 4) is 5.75 Å². The predicted octanol–water partition coefficient (Wildman–Crippen LogP) is 4.34. The van der Waals surface area contributed by atoms with E-state index in [1.54, 1.807) is 18.2 Å². The SMILES string of the molecule is O=C(NCCOc1cccc2ccccc12)C1CCCN1S(=O)(=O)c1ccc2ccccc2c1. The summed E-state index contributed by atoms with van der Waals surface area (Å²) in [6.07, 6.45) is 1.15. The van der Waals surface area contributed by atoms with Gasteiger partial charge in [0, 0.05) is 11.9 Å². The van der Waals surface area contributed by atoms with Crippen LogP contribution in [0.3, 0.4) is 0 Å². The molecule has 6 nitrogen and oxygen atoms in total. The first-order chi connectivity index (χ1) is 16.5. The van der Waals surface area contributed by atoms with Gasteiger partial charge in [-0.3, -0.25) is 4.79 Å². The molecule has 0 bridgehead atoms. The van der Waals surface area contributed by atoms with Crippen molar-refractivity contribution in [2.75, 3.05) is 19.7 Å². The minimum Gasteiger partial charge on any atom is -0.491 e. The lowest BCUT2D eigenvalue weighted by atomic mass is 10.1. The first-order valence-electron chi connectivity index (χ1n) is 11.4. The monoisotopic (exact) mass is 474 g/mol. The van der Waals surface area contributed by atoms with E-state index < -0.39 is 16.1 Å². The van der Waals surface area contributed by atoms with Crippen molar-refractivity contribution in [3.63, 3.8) is 0 Å². The number of amides is 1. The first-order valence-corrected chi connectivity index (χ1v) is 12.9. The number of ether oxygens (including phenoxy) is 1. The van der Waals surface area contributed by atoms with Gasteiger partial charge in [0.2, 0.25) is 15.9 Å². The molecule has 0 spiro atoms. The van der Waals surface area contributed by atoms with Crippen molar-refractivity contribution in [2.24, 2.45) is 0 Å². The van der Waals surface area contributed by atoms with Gasteiger partial charge in [0.05, 0.1) is 11.4 Å². The van der Waals surface area contributed by atoms with E-state index in [1.165, 1.54) is 4.31 Å². The molecular formula is C27H26N2O4S. The second-order valence-electron chi connectivity index (χ2n) is 8.40. The number of hydrogen-bond donors (Lipinski definition) is 1. The van der Waals surface area contributed by atoms with E-state index in [-0.39, 0.29) is 10.8 Å². The zero-order valence-corrected chi connectivity index (χ0v) is 19.5. The van der Waals surface area contributed by atoms with Gasteiger partial charge in [-0.1, -0.05) is 66.7 Å². The largest absolute Gasteiger partial charge is 0.491 e. The summed E-state index contributed by atoms with van der Waals surface area (Å²) in [5.41, 5.74) is 0. The van der Waals surface area contributed by atoms with Crippen molar-refractivity contribution in [2.45, 2.75) is 23.8 Å². The van der Waals surface area contributed by atoms with Crippen LogP contribution in [0, 0.1) is 0 Å². The van der Waals surface area contributed by atoms with Crippen molar-refractivity contribution in [1.82, 2.24) is 9.62 Å². The molecule has 174 valence electrons. The third kappa shape index (κ3) is 4.36. The molecule has 7 heteroatoms. The Labute approximate surface area is 199 Å². The number of rotatable bonds is 7. The summed E-state index contributed by atoms with van der Waals surface area (Å²) in [6.45, 7) is 0.923. The lowest BCUT2D eigenvalue weighted by Crippen LogP contribution is -2.46. The Bertz CT molecular complexity index is 1450. The molecule has 1 atom stereocenters. The van der Waals surface area contributed by atoms with Gasteiger partial charge in [-0.15, -0.1) is 0 Å². The normalized spacial score (nSPS) is 16.6. The van der Waals surface area contributed by atoms with E-state index in [4.69, 9.17) is 4.74 Å². The van der Waals surface area contributed by atoms with Crippen LogP contribution in [0.15, 0.2) is 89.8 Å². The Morgan fingerprint density at radius 2 is 1.65 bits per heavy atom. The zero-order valence-electron chi connectivity index (χ0n) is 18.7. The van der Waals surface area contributed by atoms with Crippen molar-refractivity contribution in [1.29, 1.82) is 0 Å². The highest BCUT2D eigenvalue weighted by Gasteiger charge is 2.39. The summed E-state index contributed by atoms with van der Waals surface area (Å²) in [7, 11) is -3.78. The molecular weight excluding hydrogens is 448 g/mol. The molecule has 0 saturated carbocycles. The van der Waals surface area contributed by atoms with Gasteiger partial charge in [0.15, 0.2) is 0 Å². The van der Waals surface area contributed by atoms with Crippen molar-refractivity contribution < 1.29 is 17.9 Å². The summed E-state index contributed by atoms with van der Waals surface area (Å²) >= 11 is 0. The van der Waals surface area contributed by atoms with Crippen LogP contribution in [-0.2, 0) is 14.8 Å². The molecule has 0 aliphatic carbocycles. The minimum atomic E-state index is -3.78. The standard InChI is InChI=1S/C27H26N2O4S/c30-27(28-16-18-33-26-13-5-10-21-8-3-4-11-24(21)26)25-12-6-17-29(25)34(31,32)23-15-14-20-7-1-2-9-22(20)19-23/h1-5,7-11,13-15,19,25H,6,12,16-18H2,(H,28,30). The van der Waals surface area contributed by atoms with E-state index in [2.05, 4.69) is 5.32 Å². The maximum atomic E-state index is 13.4. The molecule has 1 heterocycles. The van der Waals surface area contributed by atoms with Gasteiger partial charge < -0.3 is 10.1 Å². The zero-order chi connectivity index (χ0) is 23.5. The van der Waals surface area contributed by atoms with Crippen LogP contribution in [0.4, 0.5) is 0 Å². The highest BCUT2D eigenvalue weighted by molar-refractivity contribution is 7.89. The Balaban J connectivity index is 1.23. The van der Waals surface area contributed by atoms with Gasteiger partial charge in [0.1, 0.15) is 18.4 Å². The number of sulfonamides is 1. The van der Waals surface area contributed by atoms with Gasteiger partial charge in [-0.05, 0) is 47.2 Å². The van der Waals surface area contributed by atoms with E-state index in [1.807, 2.05) is 66.7 Å². The predicted molar refractivity (Wildman–Crippen MR) is 133 cm³/mol. The number of hydrogen-bond acceptors (Lipinski definition) is 4. The first kappa shape index (κ1) is 22.4. The van der Waals surface area contributed by atoms with Gasteiger partial charge >= 0.3 is 0 Å². The molecule has 1 N–H and O–H groups in total. The fourth-order valence-electron chi connectivity index (χ4n) is 4.53. The van der Waals surface area contributed by atoms with Crippen LogP contribution in [0.25, 0.3) is 21.5 Å². The topological polar surface area (TPSA) is 75.7 Å². The number of nitrogens with one attached hydrogen (secondary N) is 1. The lowest BCUT2D eigenvalue weighted by Gasteiger charge is -2.23. The van der Waals surface area contributed by atoms with Gasteiger partial charge in [-0.2, -0.15) is 4.31 Å². The van der Waals surface area contributed by atoms with Crippen LogP contribution in [-0.4, -0.2) is 44.4 Å². The van der Waals surface area contributed by atoms with Gasteiger partial charge in [0.25, 0.3) is 0 Å². The van der Waals surface area contributed by atoms with E-state index in [0.29, 0.717) is 32.5 Å². The van der Waals surface area contributed by atoms with Crippen LogP contribution in [0.5, 0.6) is 5.75 Å². The summed E-state index contributed by atoms with van der Waals surface area (Å²) < 4.78 is 33.9. The summed E-state index contributed by atoms with van der Waals surface area (Å²) in [4.78, 5) is 13.1.